The molecule has 1 aromatic heterocycles. The van der Waals surface area contributed by atoms with Gasteiger partial charge in [-0.25, -0.2) is 4.98 Å². The summed E-state index contributed by atoms with van der Waals surface area (Å²) in [5, 5.41) is 4.20. The van der Waals surface area contributed by atoms with E-state index < -0.39 is 0 Å². The van der Waals surface area contributed by atoms with Crippen molar-refractivity contribution in [3.05, 3.63) is 41.3 Å². The number of nitrogens with one attached hydrogen (secondary N) is 1. The minimum Gasteiger partial charge on any atom is -0.326 e. The van der Waals surface area contributed by atoms with E-state index in [1.54, 1.807) is 0 Å². The minimum atomic E-state index is 0.502. The van der Waals surface area contributed by atoms with E-state index in [1.807, 2.05) is 25.5 Å². The van der Waals surface area contributed by atoms with Crippen molar-refractivity contribution in [2.45, 2.75) is 19.4 Å². The minimum absolute atomic E-state index is 0.502. The van der Waals surface area contributed by atoms with Crippen LogP contribution >= 0.6 is 11.6 Å². The molecule has 0 aliphatic carbocycles. The summed E-state index contributed by atoms with van der Waals surface area (Å²) in [7, 11) is 0. The van der Waals surface area contributed by atoms with Crippen molar-refractivity contribution >= 4 is 11.6 Å². The standard InChI is InChI=1S/C14H16ClN3/c1-10-2-3-11(6-13(10)15)14-8-17-9-18(14)12-4-5-16-7-12/h2-3,6,8-9,12,16H,4-5,7H2,1H3. The fraction of sp³-hybridized carbons (Fsp3) is 0.357. The van der Waals surface area contributed by atoms with Crippen molar-refractivity contribution in [3.63, 3.8) is 0 Å². The molecule has 94 valence electrons. The lowest BCUT2D eigenvalue weighted by Gasteiger charge is -2.15. The highest BCUT2D eigenvalue weighted by atomic mass is 35.5. The molecule has 3 nitrogen and oxygen atoms in total. The van der Waals surface area contributed by atoms with Crippen LogP contribution in [0.4, 0.5) is 0 Å². The Kier molecular flexibility index (Phi) is 3.10. The molecule has 0 spiro atoms. The van der Waals surface area contributed by atoms with Gasteiger partial charge in [-0.15, -0.1) is 0 Å². The fourth-order valence-electron chi connectivity index (χ4n) is 2.45. The third-order valence-corrected chi connectivity index (χ3v) is 3.97. The summed E-state index contributed by atoms with van der Waals surface area (Å²) in [4.78, 5) is 4.29. The van der Waals surface area contributed by atoms with E-state index in [0.29, 0.717) is 6.04 Å². The van der Waals surface area contributed by atoms with Gasteiger partial charge in [-0.05, 0) is 31.5 Å². The number of rotatable bonds is 2. The second kappa shape index (κ2) is 4.75. The van der Waals surface area contributed by atoms with Gasteiger partial charge in [0.05, 0.1) is 18.2 Å². The molecule has 0 saturated carbocycles. The van der Waals surface area contributed by atoms with Gasteiger partial charge in [-0.3, -0.25) is 0 Å². The number of hydrogen-bond donors (Lipinski definition) is 1. The Morgan fingerprint density at radius 2 is 2.33 bits per heavy atom. The first-order valence-corrected chi connectivity index (χ1v) is 6.62. The summed E-state index contributed by atoms with van der Waals surface area (Å²) in [5.74, 6) is 0. The summed E-state index contributed by atoms with van der Waals surface area (Å²) < 4.78 is 2.25. The van der Waals surface area contributed by atoms with Gasteiger partial charge in [0.15, 0.2) is 0 Å². The molecule has 0 bridgehead atoms. The molecule has 0 radical (unpaired) electrons. The van der Waals surface area contributed by atoms with E-state index in [-0.39, 0.29) is 0 Å². The van der Waals surface area contributed by atoms with Crippen molar-refractivity contribution in [1.82, 2.24) is 14.9 Å². The van der Waals surface area contributed by atoms with E-state index >= 15 is 0 Å². The van der Waals surface area contributed by atoms with Crippen molar-refractivity contribution in [1.29, 1.82) is 0 Å². The summed E-state index contributed by atoms with van der Waals surface area (Å²) in [5.41, 5.74) is 3.38. The maximum Gasteiger partial charge on any atom is 0.0954 e. The summed E-state index contributed by atoms with van der Waals surface area (Å²) >= 11 is 6.20. The number of benzene rings is 1. The molecule has 1 atom stereocenters. The van der Waals surface area contributed by atoms with E-state index in [0.717, 1.165) is 41.4 Å². The maximum absolute atomic E-state index is 6.20. The van der Waals surface area contributed by atoms with Gasteiger partial charge in [-0.1, -0.05) is 23.7 Å². The lowest BCUT2D eigenvalue weighted by molar-refractivity contribution is 0.551. The van der Waals surface area contributed by atoms with Gasteiger partial charge < -0.3 is 9.88 Å². The monoisotopic (exact) mass is 261 g/mol. The van der Waals surface area contributed by atoms with Gasteiger partial charge in [0.25, 0.3) is 0 Å². The molecule has 2 heterocycles. The van der Waals surface area contributed by atoms with Crippen molar-refractivity contribution in [3.8, 4) is 11.3 Å². The predicted octanol–water partition coefficient (Wildman–Crippen LogP) is 3.05. The Labute approximate surface area is 112 Å². The third kappa shape index (κ3) is 2.04. The Balaban J connectivity index is 2.00. The van der Waals surface area contributed by atoms with Crippen LogP contribution in [0.2, 0.25) is 5.02 Å². The van der Waals surface area contributed by atoms with Crippen LogP contribution in [0.1, 0.15) is 18.0 Å². The van der Waals surface area contributed by atoms with Crippen LogP contribution in [0.3, 0.4) is 0 Å². The molecule has 1 unspecified atom stereocenters. The van der Waals surface area contributed by atoms with E-state index in [4.69, 9.17) is 11.6 Å². The highest BCUT2D eigenvalue weighted by Gasteiger charge is 2.19. The Morgan fingerprint density at radius 3 is 3.06 bits per heavy atom. The van der Waals surface area contributed by atoms with Crippen LogP contribution in [0, 0.1) is 6.92 Å². The number of aryl methyl sites for hydroxylation is 1. The first kappa shape index (κ1) is 11.8. The average Bonchev–Trinajstić information content (AvgIpc) is 3.00. The molecule has 1 aromatic carbocycles. The van der Waals surface area contributed by atoms with Crippen molar-refractivity contribution in [2.75, 3.05) is 13.1 Å². The van der Waals surface area contributed by atoms with Crippen molar-refractivity contribution < 1.29 is 0 Å². The molecule has 1 saturated heterocycles. The molecule has 3 rings (SSSR count). The normalized spacial score (nSPS) is 19.3. The van der Waals surface area contributed by atoms with E-state index in [1.165, 1.54) is 0 Å². The zero-order valence-electron chi connectivity index (χ0n) is 10.4. The number of nitrogens with zero attached hydrogens (tertiary/aromatic N) is 2. The molecule has 1 aliphatic rings. The van der Waals surface area contributed by atoms with Crippen LogP contribution < -0.4 is 5.32 Å². The molecular weight excluding hydrogens is 246 g/mol. The Bertz CT molecular complexity index is 556. The molecular formula is C14H16ClN3. The van der Waals surface area contributed by atoms with E-state index in [9.17, 15) is 0 Å². The SMILES string of the molecule is Cc1ccc(-c2cncn2C2CCNC2)cc1Cl. The van der Waals surface area contributed by atoms with Crippen LogP contribution in [-0.2, 0) is 0 Å². The molecule has 1 aliphatic heterocycles. The van der Waals surface area contributed by atoms with Gasteiger partial charge >= 0.3 is 0 Å². The average molecular weight is 262 g/mol. The van der Waals surface area contributed by atoms with Crippen molar-refractivity contribution in [2.24, 2.45) is 0 Å². The third-order valence-electron chi connectivity index (χ3n) is 3.56. The zero-order chi connectivity index (χ0) is 12.5. The Morgan fingerprint density at radius 1 is 1.44 bits per heavy atom. The maximum atomic E-state index is 6.20. The Hall–Kier alpha value is -1.32. The topological polar surface area (TPSA) is 29.9 Å². The van der Waals surface area contributed by atoms with Gasteiger partial charge in [0.2, 0.25) is 0 Å². The van der Waals surface area contributed by atoms with E-state index in [2.05, 4.69) is 27.0 Å². The molecule has 1 N–H and O–H groups in total. The number of imidazole rings is 1. The highest BCUT2D eigenvalue weighted by molar-refractivity contribution is 6.31. The second-order valence-electron chi connectivity index (χ2n) is 4.80. The summed E-state index contributed by atoms with van der Waals surface area (Å²) in [6.07, 6.45) is 4.99. The summed E-state index contributed by atoms with van der Waals surface area (Å²) in [6.45, 7) is 4.12. The van der Waals surface area contributed by atoms with Gasteiger partial charge in [0.1, 0.15) is 0 Å². The molecule has 4 heteroatoms. The van der Waals surface area contributed by atoms with Gasteiger partial charge in [0, 0.05) is 23.2 Å². The number of aromatic nitrogens is 2. The first-order valence-electron chi connectivity index (χ1n) is 6.25. The molecule has 2 aromatic rings. The van der Waals surface area contributed by atoms with Crippen LogP contribution in [-0.4, -0.2) is 22.6 Å². The predicted molar refractivity (Wildman–Crippen MR) is 73.9 cm³/mol. The second-order valence-corrected chi connectivity index (χ2v) is 5.20. The molecule has 1 fully saturated rings. The highest BCUT2D eigenvalue weighted by Crippen LogP contribution is 2.28. The molecule has 0 amide bonds. The number of halogens is 1. The number of hydrogen-bond acceptors (Lipinski definition) is 2. The lowest BCUT2D eigenvalue weighted by atomic mass is 10.1. The molecule has 18 heavy (non-hydrogen) atoms. The fourth-order valence-corrected chi connectivity index (χ4v) is 2.63. The van der Waals surface area contributed by atoms with Crippen LogP contribution in [0.25, 0.3) is 11.3 Å². The van der Waals surface area contributed by atoms with Gasteiger partial charge in [-0.2, -0.15) is 0 Å². The largest absolute Gasteiger partial charge is 0.326 e. The van der Waals surface area contributed by atoms with Crippen LogP contribution in [0.15, 0.2) is 30.7 Å². The first-order chi connectivity index (χ1) is 8.75. The summed E-state index contributed by atoms with van der Waals surface area (Å²) in [6, 6.07) is 6.69. The zero-order valence-corrected chi connectivity index (χ0v) is 11.1. The van der Waals surface area contributed by atoms with Crippen LogP contribution in [0.5, 0.6) is 0 Å². The lowest BCUT2D eigenvalue weighted by Crippen LogP contribution is -2.13. The quantitative estimate of drug-likeness (QED) is 0.901. The smallest absolute Gasteiger partial charge is 0.0954 e.